The molecule has 2 fully saturated rings. The number of likely N-dealkylation sites (tertiary alicyclic amines) is 1. The van der Waals surface area contributed by atoms with E-state index in [4.69, 9.17) is 4.74 Å². The van der Waals surface area contributed by atoms with Gasteiger partial charge in [-0.25, -0.2) is 23.7 Å². The number of benzene rings is 2. The van der Waals surface area contributed by atoms with E-state index in [2.05, 4.69) is 34.9 Å². The number of halogens is 2. The number of carbonyl (C=O) groups excluding carboxylic acids is 4. The Morgan fingerprint density at radius 2 is 1.66 bits per heavy atom. The van der Waals surface area contributed by atoms with E-state index in [9.17, 15) is 23.6 Å². The van der Waals surface area contributed by atoms with Gasteiger partial charge in [-0.15, -0.1) is 0 Å². The Hall–Kier alpha value is -5.94. The maximum Gasteiger partial charge on any atom is 0.267 e. The quantitative estimate of drug-likeness (QED) is 0.0574. The molecule has 5 heterocycles. The third kappa shape index (κ3) is 10.2. The van der Waals surface area contributed by atoms with E-state index >= 15 is 4.39 Å². The normalized spacial score (nSPS) is 15.5. The number of nitrogens with zero attached hydrogens (tertiary/aromatic N) is 6. The molecule has 0 radical (unpaired) electrons. The van der Waals surface area contributed by atoms with Crippen LogP contribution in [0.5, 0.6) is 5.75 Å². The van der Waals surface area contributed by atoms with Crippen LogP contribution < -0.4 is 19.7 Å². The molecule has 3 N–H and O–H groups in total. The number of ether oxygens (including phenoxy) is 1. The average molecular weight is 854 g/mol. The van der Waals surface area contributed by atoms with Crippen molar-refractivity contribution < 1.29 is 32.7 Å². The lowest BCUT2D eigenvalue weighted by atomic mass is 9.89. The van der Waals surface area contributed by atoms with E-state index in [-0.39, 0.29) is 22.4 Å². The molecule has 2 aromatic carbocycles. The van der Waals surface area contributed by atoms with E-state index in [1.165, 1.54) is 29.8 Å². The number of hydrogen-bond donors (Lipinski definition) is 3. The number of aromatic amines is 1. The monoisotopic (exact) mass is 853 g/mol. The molecule has 0 bridgehead atoms. The Bertz CT molecular complexity index is 2350. The number of anilines is 2. The third-order valence-corrected chi connectivity index (χ3v) is 11.8. The fourth-order valence-corrected chi connectivity index (χ4v) is 8.17. The summed E-state index contributed by atoms with van der Waals surface area (Å²) in [7, 11) is 0. The molecular weight excluding hydrogens is 805 g/mol. The van der Waals surface area contributed by atoms with Crippen molar-refractivity contribution in [2.45, 2.75) is 63.7 Å². The number of rotatable bonds is 16. The molecule has 5 aromatic rings. The van der Waals surface area contributed by atoms with Gasteiger partial charge in [-0.05, 0) is 86.1 Å². The van der Waals surface area contributed by atoms with Gasteiger partial charge in [0.25, 0.3) is 5.91 Å². The number of hydrogen-bond acceptors (Lipinski definition) is 12. The summed E-state index contributed by atoms with van der Waals surface area (Å²) < 4.78 is 39.1. The van der Waals surface area contributed by atoms with Crippen LogP contribution in [0.25, 0.3) is 22.2 Å². The van der Waals surface area contributed by atoms with Gasteiger partial charge in [0.15, 0.2) is 11.9 Å². The number of piperidine rings is 1. The molecule has 61 heavy (non-hydrogen) atoms. The number of pyridine rings is 1. The number of ketones is 1. The maximum atomic E-state index is 15.4. The van der Waals surface area contributed by atoms with Crippen molar-refractivity contribution in [1.82, 2.24) is 35.1 Å². The van der Waals surface area contributed by atoms with Crippen LogP contribution >= 0.6 is 11.9 Å². The van der Waals surface area contributed by atoms with Crippen LogP contribution in [-0.2, 0) is 14.4 Å². The Morgan fingerprint density at radius 1 is 0.951 bits per heavy atom. The molecule has 17 heteroatoms. The predicted octanol–water partition coefficient (Wildman–Crippen LogP) is 6.35. The minimum atomic E-state index is -0.959. The fourth-order valence-electron chi connectivity index (χ4n) is 7.65. The SMILES string of the molecule is CCCC(Oc1ccc(C2CCN(CC(=O)N3CCN(c4ncc(-c5cnc6[nH]cc(C(=O)c7c(F)ccc(NSC(C)C)c7F)c6c5)cn4)CC3)CC2)cc1)C(=O)NC=O. The number of H-pyrrole nitrogens is 1. The first-order valence-electron chi connectivity index (χ1n) is 20.5. The summed E-state index contributed by atoms with van der Waals surface area (Å²) >= 11 is 1.26. The lowest BCUT2D eigenvalue weighted by Crippen LogP contribution is -2.52. The Balaban J connectivity index is 0.899. The van der Waals surface area contributed by atoms with Crippen LogP contribution in [0.3, 0.4) is 0 Å². The van der Waals surface area contributed by atoms with E-state index in [0.29, 0.717) is 85.3 Å². The van der Waals surface area contributed by atoms with E-state index in [1.807, 2.05) is 54.8 Å². The molecule has 7 rings (SSSR count). The number of nitrogens with one attached hydrogen (secondary N) is 3. The van der Waals surface area contributed by atoms with Gasteiger partial charge in [-0.1, -0.05) is 39.3 Å². The molecule has 2 aliphatic heterocycles. The van der Waals surface area contributed by atoms with Gasteiger partial charge in [0.05, 0.1) is 17.8 Å². The number of carbonyl (C=O) groups is 4. The average Bonchev–Trinajstić information content (AvgIpc) is 3.70. The number of fused-ring (bicyclic) bond motifs is 1. The van der Waals surface area contributed by atoms with Gasteiger partial charge in [-0.3, -0.25) is 29.4 Å². The first kappa shape index (κ1) is 43.2. The summed E-state index contributed by atoms with van der Waals surface area (Å²) in [6.07, 6.45) is 9.10. The van der Waals surface area contributed by atoms with Gasteiger partial charge >= 0.3 is 0 Å². The highest BCUT2D eigenvalue weighted by molar-refractivity contribution is 8.01. The van der Waals surface area contributed by atoms with Gasteiger partial charge in [-0.2, -0.15) is 0 Å². The smallest absolute Gasteiger partial charge is 0.267 e. The van der Waals surface area contributed by atoms with Crippen LogP contribution in [0.15, 0.2) is 67.3 Å². The van der Waals surface area contributed by atoms with Crippen LogP contribution in [0.2, 0.25) is 0 Å². The molecule has 3 amide bonds. The number of imide groups is 1. The van der Waals surface area contributed by atoms with Crippen molar-refractivity contribution in [3.05, 3.63) is 95.6 Å². The Labute approximate surface area is 357 Å². The molecule has 0 spiro atoms. The van der Waals surface area contributed by atoms with Crippen molar-refractivity contribution in [3.8, 4) is 16.9 Å². The molecule has 14 nitrogen and oxygen atoms in total. The molecule has 320 valence electrons. The molecular formula is C44H49F2N9O5S. The van der Waals surface area contributed by atoms with E-state index < -0.39 is 35.0 Å². The minimum absolute atomic E-state index is 0.0251. The predicted molar refractivity (Wildman–Crippen MR) is 230 cm³/mol. The molecule has 3 aromatic heterocycles. The van der Waals surface area contributed by atoms with Crippen molar-refractivity contribution in [2.24, 2.45) is 0 Å². The largest absolute Gasteiger partial charge is 0.481 e. The van der Waals surface area contributed by atoms with Crippen LogP contribution in [0, 0.1) is 11.6 Å². The lowest BCUT2D eigenvalue weighted by Gasteiger charge is -2.37. The zero-order chi connectivity index (χ0) is 43.0. The Kier molecular flexibility index (Phi) is 13.9. The Morgan fingerprint density at radius 3 is 2.33 bits per heavy atom. The number of piperazine rings is 1. The lowest BCUT2D eigenvalue weighted by molar-refractivity contribution is -0.133. The van der Waals surface area contributed by atoms with Crippen molar-refractivity contribution >= 4 is 58.6 Å². The summed E-state index contributed by atoms with van der Waals surface area (Å²) in [4.78, 5) is 72.5. The molecule has 2 aliphatic rings. The molecule has 0 aliphatic carbocycles. The summed E-state index contributed by atoms with van der Waals surface area (Å²) in [6.45, 7) is 10.0. The zero-order valence-corrected chi connectivity index (χ0v) is 35.1. The minimum Gasteiger partial charge on any atom is -0.481 e. The number of aromatic nitrogens is 4. The second-order valence-corrected chi connectivity index (χ2v) is 16.9. The zero-order valence-electron chi connectivity index (χ0n) is 34.3. The summed E-state index contributed by atoms with van der Waals surface area (Å²) in [5.74, 6) is -1.60. The van der Waals surface area contributed by atoms with Crippen molar-refractivity contribution in [3.63, 3.8) is 0 Å². The van der Waals surface area contributed by atoms with Gasteiger partial charge < -0.3 is 24.2 Å². The van der Waals surface area contributed by atoms with Crippen LogP contribution in [0.1, 0.15) is 73.9 Å². The van der Waals surface area contributed by atoms with Crippen LogP contribution in [0.4, 0.5) is 20.4 Å². The van der Waals surface area contributed by atoms with Crippen molar-refractivity contribution in [1.29, 1.82) is 0 Å². The van der Waals surface area contributed by atoms with E-state index in [1.54, 1.807) is 24.7 Å². The first-order chi connectivity index (χ1) is 29.5. The summed E-state index contributed by atoms with van der Waals surface area (Å²) in [5.41, 5.74) is 2.32. The second kappa shape index (κ2) is 19.6. The topological polar surface area (TPSA) is 166 Å². The van der Waals surface area contributed by atoms with Gasteiger partial charge in [0, 0.05) is 78.3 Å². The molecule has 2 saturated heterocycles. The maximum absolute atomic E-state index is 15.4. The standard InChI is InChI=1S/C44H49F2N9O5S/c1-4-5-37(43(59)51-26-56)60-32-8-6-28(7-9-32)29-12-14-53(15-13-29)25-38(57)54-16-18-55(19-17-54)44-49-22-31(23-50-44)30-20-33-34(24-48-42(33)47-21-30)41(58)39-35(45)10-11-36(40(39)46)52-61-27(2)3/h6-11,20-24,26-27,29,37,52H,4-5,12-19,25H2,1-3H3,(H,47,48)(H,51,56,59). The van der Waals surface area contributed by atoms with Gasteiger partial charge in [0.1, 0.15) is 17.2 Å². The second-order valence-electron chi connectivity index (χ2n) is 15.5. The van der Waals surface area contributed by atoms with Crippen molar-refractivity contribution in [2.75, 3.05) is 55.4 Å². The van der Waals surface area contributed by atoms with E-state index in [0.717, 1.165) is 38.4 Å². The highest BCUT2D eigenvalue weighted by Gasteiger charge is 2.28. The summed E-state index contributed by atoms with van der Waals surface area (Å²) in [6, 6.07) is 11.9. The van der Waals surface area contributed by atoms with Crippen LogP contribution in [-0.4, -0.2) is 111 Å². The highest BCUT2D eigenvalue weighted by atomic mass is 32.2. The molecule has 1 atom stereocenters. The highest BCUT2D eigenvalue weighted by Crippen LogP contribution is 2.32. The fraction of sp³-hybridized carbons (Fsp3) is 0.386. The molecule has 1 unspecified atom stereocenters. The number of amides is 3. The summed E-state index contributed by atoms with van der Waals surface area (Å²) in [5, 5.41) is 2.72. The molecule has 0 saturated carbocycles. The first-order valence-corrected chi connectivity index (χ1v) is 21.4. The van der Waals surface area contributed by atoms with Gasteiger partial charge in [0.2, 0.25) is 24.0 Å². The third-order valence-electron chi connectivity index (χ3n) is 11.0.